The second-order valence-corrected chi connectivity index (χ2v) is 8.21. The zero-order chi connectivity index (χ0) is 25.7. The highest BCUT2D eigenvalue weighted by molar-refractivity contribution is 5.73. The maximum atomic E-state index is 12.9. The number of rotatable bonds is 6. The van der Waals surface area contributed by atoms with Gasteiger partial charge in [-0.1, -0.05) is 24.3 Å². The minimum absolute atomic E-state index is 0.00366. The van der Waals surface area contributed by atoms with E-state index in [1.54, 1.807) is 30.3 Å². The molecule has 0 unspecified atom stereocenters. The molecule has 1 aliphatic rings. The highest BCUT2D eigenvalue weighted by Crippen LogP contribution is 2.28. The number of benzene rings is 2. The molecule has 3 heterocycles. The highest BCUT2D eigenvalue weighted by atomic mass is 19.4. The summed E-state index contributed by atoms with van der Waals surface area (Å²) in [4.78, 5) is 27.8. The van der Waals surface area contributed by atoms with Crippen LogP contribution < -0.4 is 21.3 Å². The largest absolute Gasteiger partial charge is 0.573 e. The van der Waals surface area contributed by atoms with Crippen molar-refractivity contribution in [2.45, 2.75) is 32.4 Å². The van der Waals surface area contributed by atoms with Crippen molar-refractivity contribution in [2.75, 3.05) is 20.2 Å². The van der Waals surface area contributed by atoms with Crippen LogP contribution in [0.1, 0.15) is 24.0 Å². The molecule has 0 aliphatic carbocycles. The number of nitrogens with zero attached hydrogens (tertiary/aromatic N) is 2. The summed E-state index contributed by atoms with van der Waals surface area (Å²) in [6.07, 6.45) is -2.13. The number of aromatic amines is 2. The lowest BCUT2D eigenvalue weighted by atomic mass is 10.1. The number of alkyl halides is 3. The summed E-state index contributed by atoms with van der Waals surface area (Å²) >= 11 is 0. The first-order valence-corrected chi connectivity index (χ1v) is 11.3. The van der Waals surface area contributed by atoms with Crippen LogP contribution in [0.5, 0.6) is 5.75 Å². The van der Waals surface area contributed by atoms with Crippen molar-refractivity contribution in [1.82, 2.24) is 24.6 Å². The van der Waals surface area contributed by atoms with Gasteiger partial charge in [0.15, 0.2) is 11.2 Å². The lowest BCUT2D eigenvalue weighted by Gasteiger charge is -2.15. The fraction of sp³-hybridized carbons (Fsp3) is 0.333. The maximum absolute atomic E-state index is 12.9. The number of imidazole rings is 1. The summed E-state index contributed by atoms with van der Waals surface area (Å²) in [6, 6.07) is 12.8. The average molecular weight is 505 g/mol. The Labute approximate surface area is 203 Å². The Morgan fingerprint density at radius 1 is 1.03 bits per heavy atom. The second-order valence-electron chi connectivity index (χ2n) is 8.21. The van der Waals surface area contributed by atoms with E-state index in [-0.39, 0.29) is 29.9 Å². The second kappa shape index (κ2) is 10.9. The van der Waals surface area contributed by atoms with Crippen LogP contribution in [-0.2, 0) is 17.9 Å². The molecule has 1 aliphatic heterocycles. The number of para-hydroxylation sites is 1. The van der Waals surface area contributed by atoms with E-state index in [9.17, 15) is 22.8 Å². The smallest absolute Gasteiger partial charge is 0.405 e. The lowest BCUT2D eigenvalue weighted by Crippen LogP contribution is -2.23. The third kappa shape index (κ3) is 5.89. The number of H-pyrrole nitrogens is 2. The molecule has 9 nitrogen and oxygen atoms in total. The first-order chi connectivity index (χ1) is 17.3. The van der Waals surface area contributed by atoms with E-state index in [2.05, 4.69) is 20.1 Å². The predicted octanol–water partition coefficient (Wildman–Crippen LogP) is 3.27. The van der Waals surface area contributed by atoms with Crippen LogP contribution in [0.2, 0.25) is 0 Å². The molecule has 1 fully saturated rings. The molecular formula is C24H26F3N5O4. The quantitative estimate of drug-likeness (QED) is 0.373. The van der Waals surface area contributed by atoms with Gasteiger partial charge in [0.25, 0.3) is 5.56 Å². The van der Waals surface area contributed by atoms with Gasteiger partial charge >= 0.3 is 12.1 Å². The van der Waals surface area contributed by atoms with Crippen molar-refractivity contribution in [1.29, 1.82) is 0 Å². The summed E-state index contributed by atoms with van der Waals surface area (Å²) in [5, 5.41) is 5.85. The van der Waals surface area contributed by atoms with E-state index in [0.717, 1.165) is 10.6 Å². The van der Waals surface area contributed by atoms with E-state index < -0.39 is 23.4 Å². The number of fused-ring (bicyclic) bond motifs is 1. The molecule has 0 bridgehead atoms. The zero-order valence-electron chi connectivity index (χ0n) is 19.5. The summed E-state index contributed by atoms with van der Waals surface area (Å²) in [6.45, 7) is 2.34. The van der Waals surface area contributed by atoms with Gasteiger partial charge in [-0.15, -0.1) is 13.2 Å². The number of halogens is 3. The van der Waals surface area contributed by atoms with E-state index in [1.807, 2.05) is 0 Å². The molecule has 192 valence electrons. The van der Waals surface area contributed by atoms with Crippen LogP contribution in [0.15, 0.2) is 58.1 Å². The number of aromatic nitrogens is 4. The summed E-state index contributed by atoms with van der Waals surface area (Å²) in [5.41, 5.74) is 0.256. The van der Waals surface area contributed by atoms with E-state index >= 15 is 0 Å². The number of hydrogen-bond donors (Lipinski definition) is 3. The molecule has 2 aromatic carbocycles. The maximum Gasteiger partial charge on any atom is 0.573 e. The van der Waals surface area contributed by atoms with Gasteiger partial charge in [-0.3, -0.25) is 19.4 Å². The lowest BCUT2D eigenvalue weighted by molar-refractivity contribution is -0.274. The molecule has 0 atom stereocenters. The molecule has 36 heavy (non-hydrogen) atoms. The zero-order valence-corrected chi connectivity index (χ0v) is 19.5. The van der Waals surface area contributed by atoms with Crippen molar-refractivity contribution < 1.29 is 22.6 Å². The summed E-state index contributed by atoms with van der Waals surface area (Å²) in [5.74, 6) is -0.465. The van der Waals surface area contributed by atoms with Crippen molar-refractivity contribution in [2.24, 2.45) is 0 Å². The molecule has 0 radical (unpaired) electrons. The molecular weight excluding hydrogens is 479 g/mol. The van der Waals surface area contributed by atoms with Crippen LogP contribution in [0.3, 0.4) is 0 Å². The number of ether oxygens (including phenoxy) is 2. The van der Waals surface area contributed by atoms with Crippen molar-refractivity contribution in [3.63, 3.8) is 0 Å². The molecule has 4 aromatic rings. The van der Waals surface area contributed by atoms with E-state index in [1.165, 1.54) is 49.9 Å². The molecule has 2 aromatic heterocycles. The van der Waals surface area contributed by atoms with Crippen LogP contribution in [0.25, 0.3) is 16.9 Å². The van der Waals surface area contributed by atoms with Crippen LogP contribution in [0, 0.1) is 0 Å². The van der Waals surface area contributed by atoms with E-state index in [0.29, 0.717) is 11.3 Å². The molecule has 1 saturated heterocycles. The van der Waals surface area contributed by atoms with Crippen LogP contribution in [-0.4, -0.2) is 45.9 Å². The van der Waals surface area contributed by atoms with Gasteiger partial charge in [-0.2, -0.15) is 0 Å². The monoisotopic (exact) mass is 505 g/mol. The van der Waals surface area contributed by atoms with Crippen molar-refractivity contribution >= 4 is 11.2 Å². The van der Waals surface area contributed by atoms with Gasteiger partial charge in [-0.05, 0) is 55.8 Å². The van der Waals surface area contributed by atoms with Crippen LogP contribution >= 0.6 is 0 Å². The van der Waals surface area contributed by atoms with Crippen molar-refractivity contribution in [3.05, 3.63) is 80.5 Å². The van der Waals surface area contributed by atoms with Gasteiger partial charge in [0.1, 0.15) is 5.75 Å². The fourth-order valence-electron chi connectivity index (χ4n) is 4.01. The molecule has 0 spiro atoms. The number of methoxy groups -OCH3 is 1. The average Bonchev–Trinajstić information content (AvgIpc) is 3.57. The SMILES string of the molecule is C1CCNC1.COCc1ccc(OC(F)(F)F)c(Cn2c(=O)[nH]c3c2c(=O)[nH]n3-c2ccccc2)c1. The minimum atomic E-state index is -4.91. The summed E-state index contributed by atoms with van der Waals surface area (Å²) < 4.78 is 50.2. The number of nitrogens with one attached hydrogen (secondary N) is 3. The third-order valence-corrected chi connectivity index (χ3v) is 5.58. The molecule has 0 saturated carbocycles. The van der Waals surface area contributed by atoms with E-state index in [4.69, 9.17) is 4.74 Å². The van der Waals surface area contributed by atoms with Gasteiger partial charge in [-0.25, -0.2) is 9.48 Å². The topological polar surface area (TPSA) is 106 Å². The van der Waals surface area contributed by atoms with Gasteiger partial charge in [0, 0.05) is 12.7 Å². The highest BCUT2D eigenvalue weighted by Gasteiger charge is 2.32. The van der Waals surface area contributed by atoms with Gasteiger partial charge in [0.2, 0.25) is 0 Å². The molecule has 12 heteroatoms. The Morgan fingerprint density at radius 3 is 2.36 bits per heavy atom. The Kier molecular flexibility index (Phi) is 7.65. The van der Waals surface area contributed by atoms with Gasteiger partial charge < -0.3 is 14.8 Å². The molecule has 3 N–H and O–H groups in total. The Morgan fingerprint density at radius 2 is 1.75 bits per heavy atom. The predicted molar refractivity (Wildman–Crippen MR) is 128 cm³/mol. The first kappa shape index (κ1) is 25.3. The fourth-order valence-corrected chi connectivity index (χ4v) is 4.01. The Hall–Kier alpha value is -3.77. The minimum Gasteiger partial charge on any atom is -0.405 e. The van der Waals surface area contributed by atoms with Gasteiger partial charge in [0.05, 0.1) is 18.8 Å². The van der Waals surface area contributed by atoms with Crippen LogP contribution in [0.4, 0.5) is 13.2 Å². The Balaban J connectivity index is 0.000000543. The van der Waals surface area contributed by atoms with Crippen molar-refractivity contribution in [3.8, 4) is 11.4 Å². The standard InChI is InChI=1S/C20H17F3N4O4.C4H9N/c1-30-11-12-7-8-15(31-20(21,22)23)13(9-12)10-26-16-17(24-19(26)29)27(25-18(16)28)14-5-3-2-4-6-14;1-2-4-5-3-1/h2-9H,10-11H2,1H3,(H,24,29)(H,25,28);5H,1-4H2. The normalized spacial score (nSPS) is 13.6. The molecule has 5 rings (SSSR count). The summed E-state index contributed by atoms with van der Waals surface area (Å²) in [7, 11) is 1.45. The number of hydrogen-bond acceptors (Lipinski definition) is 5. The molecule has 0 amide bonds. The Bertz CT molecular complexity index is 1410. The first-order valence-electron chi connectivity index (χ1n) is 11.3. The third-order valence-electron chi connectivity index (χ3n) is 5.58.